The predicted molar refractivity (Wildman–Crippen MR) is 104 cm³/mol. The molecule has 0 saturated heterocycles. The highest BCUT2D eigenvalue weighted by Crippen LogP contribution is 2.34. The Balaban J connectivity index is 0.000000615. The molecule has 3 N–H and O–H groups in total. The molecule has 0 aliphatic heterocycles. The minimum Gasteiger partial charge on any atom is -0.382 e. The van der Waals surface area contributed by atoms with Crippen molar-refractivity contribution in [2.24, 2.45) is 0 Å². The fourth-order valence-electron chi connectivity index (χ4n) is 1.71. The summed E-state index contributed by atoms with van der Waals surface area (Å²) >= 11 is 1.80. The standard InChI is InChI=1S/C14H16N4S.2C2H6/c1-9-14(15)16-8-13(17-9)10-3-2-4-11(7-10)18-19-12-5-6-12;2*1-2/h2-4,7-8,12,18H,5-6H2,1H3,(H2,15,16);2*1-2H3. The van der Waals surface area contributed by atoms with Gasteiger partial charge >= 0.3 is 0 Å². The molecule has 0 atom stereocenters. The van der Waals surface area contributed by atoms with Crippen LogP contribution in [0.4, 0.5) is 11.5 Å². The molecule has 1 aliphatic carbocycles. The van der Waals surface area contributed by atoms with Gasteiger partial charge < -0.3 is 10.5 Å². The first kappa shape index (κ1) is 19.3. The number of anilines is 2. The van der Waals surface area contributed by atoms with Crippen molar-refractivity contribution in [3.8, 4) is 11.3 Å². The lowest BCUT2D eigenvalue weighted by Crippen LogP contribution is -1.98. The molecule has 5 heteroatoms. The van der Waals surface area contributed by atoms with Crippen molar-refractivity contribution in [2.75, 3.05) is 10.5 Å². The van der Waals surface area contributed by atoms with Gasteiger partial charge in [0, 0.05) is 16.5 Å². The van der Waals surface area contributed by atoms with E-state index < -0.39 is 0 Å². The summed E-state index contributed by atoms with van der Waals surface area (Å²) in [6, 6.07) is 8.22. The molecule has 4 nitrogen and oxygen atoms in total. The fraction of sp³-hybridized carbons (Fsp3) is 0.444. The SMILES string of the molecule is CC.CC.Cc1nc(-c2cccc(NSC3CC3)c2)cnc1N. The van der Waals surface area contributed by atoms with Crippen LogP contribution in [0, 0.1) is 6.92 Å². The summed E-state index contributed by atoms with van der Waals surface area (Å²) in [6.07, 6.45) is 4.36. The van der Waals surface area contributed by atoms with Crippen LogP contribution in [0.15, 0.2) is 30.5 Å². The number of nitrogens with zero attached hydrogens (tertiary/aromatic N) is 2. The minimum atomic E-state index is 0.488. The van der Waals surface area contributed by atoms with Crippen LogP contribution in [-0.2, 0) is 0 Å². The molecule has 1 aromatic carbocycles. The van der Waals surface area contributed by atoms with Crippen LogP contribution in [0.5, 0.6) is 0 Å². The summed E-state index contributed by atoms with van der Waals surface area (Å²) in [6.45, 7) is 9.87. The molecule has 0 spiro atoms. The molecule has 0 amide bonds. The quantitative estimate of drug-likeness (QED) is 0.743. The minimum absolute atomic E-state index is 0.488. The van der Waals surface area contributed by atoms with Gasteiger partial charge in [-0.25, -0.2) is 9.97 Å². The highest BCUT2D eigenvalue weighted by atomic mass is 32.2. The van der Waals surface area contributed by atoms with E-state index in [9.17, 15) is 0 Å². The summed E-state index contributed by atoms with van der Waals surface area (Å²) < 4.78 is 3.39. The van der Waals surface area contributed by atoms with Gasteiger partial charge in [-0.3, -0.25) is 0 Å². The number of benzene rings is 1. The highest BCUT2D eigenvalue weighted by Gasteiger charge is 2.21. The lowest BCUT2D eigenvalue weighted by atomic mass is 10.1. The Hall–Kier alpha value is -1.75. The van der Waals surface area contributed by atoms with E-state index in [1.165, 1.54) is 12.8 Å². The van der Waals surface area contributed by atoms with Gasteiger partial charge in [-0.2, -0.15) is 0 Å². The van der Waals surface area contributed by atoms with Crippen molar-refractivity contribution >= 4 is 23.5 Å². The van der Waals surface area contributed by atoms with E-state index in [0.29, 0.717) is 5.82 Å². The number of hydrogen-bond acceptors (Lipinski definition) is 5. The first-order valence-corrected chi connectivity index (χ1v) is 9.21. The Labute approximate surface area is 144 Å². The van der Waals surface area contributed by atoms with Gasteiger partial charge in [-0.05, 0) is 43.8 Å². The Bertz CT molecular complexity index is 597. The van der Waals surface area contributed by atoms with Gasteiger partial charge in [0.1, 0.15) is 5.82 Å². The molecule has 1 aliphatic rings. The number of nitrogens with one attached hydrogen (secondary N) is 1. The Morgan fingerprint density at radius 1 is 1.17 bits per heavy atom. The van der Waals surface area contributed by atoms with Crippen LogP contribution in [0.2, 0.25) is 0 Å². The van der Waals surface area contributed by atoms with Gasteiger partial charge in [0.25, 0.3) is 0 Å². The first-order valence-electron chi connectivity index (χ1n) is 8.33. The molecule has 1 aromatic heterocycles. The third-order valence-corrected chi connectivity index (χ3v) is 4.17. The number of aryl methyl sites for hydroxylation is 1. The second kappa shape index (κ2) is 10.1. The van der Waals surface area contributed by atoms with E-state index in [4.69, 9.17) is 5.73 Å². The van der Waals surface area contributed by atoms with E-state index in [1.807, 2.05) is 46.8 Å². The normalized spacial score (nSPS) is 12.4. The molecule has 2 aromatic rings. The van der Waals surface area contributed by atoms with Gasteiger partial charge in [-0.1, -0.05) is 39.8 Å². The van der Waals surface area contributed by atoms with Crippen LogP contribution in [0.3, 0.4) is 0 Å². The summed E-state index contributed by atoms with van der Waals surface area (Å²) in [5, 5.41) is 0.780. The van der Waals surface area contributed by atoms with E-state index >= 15 is 0 Å². The number of nitrogen functional groups attached to an aromatic ring is 1. The van der Waals surface area contributed by atoms with Gasteiger partial charge in [-0.15, -0.1) is 0 Å². The molecule has 126 valence electrons. The second-order valence-electron chi connectivity index (χ2n) is 4.73. The Morgan fingerprint density at radius 2 is 1.87 bits per heavy atom. The van der Waals surface area contributed by atoms with Crippen molar-refractivity contribution in [1.29, 1.82) is 0 Å². The van der Waals surface area contributed by atoms with Crippen molar-refractivity contribution in [3.05, 3.63) is 36.2 Å². The van der Waals surface area contributed by atoms with E-state index in [-0.39, 0.29) is 0 Å². The Kier molecular flexibility index (Phi) is 8.48. The van der Waals surface area contributed by atoms with E-state index in [0.717, 1.165) is 27.9 Å². The lowest BCUT2D eigenvalue weighted by Gasteiger charge is -2.07. The van der Waals surface area contributed by atoms with E-state index in [1.54, 1.807) is 18.1 Å². The van der Waals surface area contributed by atoms with Gasteiger partial charge in [0.05, 0.1) is 17.6 Å². The summed E-state index contributed by atoms with van der Waals surface area (Å²) in [5.74, 6) is 0.488. The molecule has 23 heavy (non-hydrogen) atoms. The summed E-state index contributed by atoms with van der Waals surface area (Å²) in [4.78, 5) is 8.63. The molecule has 0 bridgehead atoms. The largest absolute Gasteiger partial charge is 0.382 e. The van der Waals surface area contributed by atoms with Crippen LogP contribution < -0.4 is 10.5 Å². The maximum absolute atomic E-state index is 5.70. The van der Waals surface area contributed by atoms with Crippen LogP contribution in [-0.4, -0.2) is 15.2 Å². The van der Waals surface area contributed by atoms with Crippen molar-refractivity contribution < 1.29 is 0 Å². The van der Waals surface area contributed by atoms with Crippen LogP contribution in [0.25, 0.3) is 11.3 Å². The molecular formula is C18H28N4S. The predicted octanol–water partition coefficient (Wildman–Crippen LogP) is 5.31. The van der Waals surface area contributed by atoms with Gasteiger partial charge in [0.2, 0.25) is 0 Å². The number of nitrogens with two attached hydrogens (primary N) is 1. The highest BCUT2D eigenvalue weighted by molar-refractivity contribution is 8.01. The molecule has 0 radical (unpaired) electrons. The molecule has 0 unspecified atom stereocenters. The van der Waals surface area contributed by atoms with Gasteiger partial charge in [0.15, 0.2) is 0 Å². The average molecular weight is 333 g/mol. The monoisotopic (exact) mass is 332 g/mol. The number of aromatic nitrogens is 2. The number of rotatable bonds is 4. The first-order chi connectivity index (χ1) is 11.2. The summed E-state index contributed by atoms with van der Waals surface area (Å²) in [5.41, 5.74) is 9.47. The maximum atomic E-state index is 5.70. The van der Waals surface area contributed by atoms with Crippen molar-refractivity contribution in [3.63, 3.8) is 0 Å². The van der Waals surface area contributed by atoms with E-state index in [2.05, 4.69) is 26.8 Å². The van der Waals surface area contributed by atoms with Crippen LogP contribution >= 0.6 is 11.9 Å². The van der Waals surface area contributed by atoms with Crippen LogP contribution in [0.1, 0.15) is 46.2 Å². The Morgan fingerprint density at radius 3 is 2.48 bits per heavy atom. The zero-order valence-corrected chi connectivity index (χ0v) is 15.6. The topological polar surface area (TPSA) is 63.8 Å². The number of hydrogen-bond donors (Lipinski definition) is 2. The second-order valence-corrected chi connectivity index (χ2v) is 5.83. The van der Waals surface area contributed by atoms with Crippen molar-refractivity contribution in [2.45, 2.75) is 52.7 Å². The average Bonchev–Trinajstić information content (AvgIpc) is 3.44. The summed E-state index contributed by atoms with van der Waals surface area (Å²) in [7, 11) is 0. The smallest absolute Gasteiger partial charge is 0.144 e. The maximum Gasteiger partial charge on any atom is 0.144 e. The molecule has 1 heterocycles. The van der Waals surface area contributed by atoms with Crippen molar-refractivity contribution in [1.82, 2.24) is 9.97 Å². The zero-order valence-electron chi connectivity index (χ0n) is 14.8. The molecule has 1 saturated carbocycles. The zero-order chi connectivity index (χ0) is 17.2. The molecular weight excluding hydrogens is 304 g/mol. The fourth-order valence-corrected chi connectivity index (χ4v) is 2.51. The molecule has 3 rings (SSSR count). The molecule has 1 fully saturated rings. The lowest BCUT2D eigenvalue weighted by molar-refractivity contribution is 1.13. The third kappa shape index (κ3) is 6.10. The third-order valence-electron chi connectivity index (χ3n) is 3.01.